The second kappa shape index (κ2) is 11.4. The van der Waals surface area contributed by atoms with Crippen LogP contribution in [0.5, 0.6) is 0 Å². The third-order valence-electron chi connectivity index (χ3n) is 2.59. The second-order valence-electron chi connectivity index (χ2n) is 3.77. The number of hydrogen-bond acceptors (Lipinski definition) is 3. The molecule has 1 fully saturated rings. The minimum atomic E-state index is 0. The summed E-state index contributed by atoms with van der Waals surface area (Å²) in [5.74, 6) is 0. The molecule has 15 heavy (non-hydrogen) atoms. The van der Waals surface area contributed by atoms with Gasteiger partial charge in [0, 0.05) is 0 Å². The Morgan fingerprint density at radius 2 is 1.33 bits per heavy atom. The standard InChI is InChI=1S/C9H20N3.CH3.ClH.Ti/c1-4-10-6-2-8-12-9-3-7-11-5-1;;;/h10-11H,1-9H2;1H3;1H;/q-1;;;+1. The van der Waals surface area contributed by atoms with Gasteiger partial charge in [0.05, 0.1) is 0 Å². The molecule has 0 saturated carbocycles. The first-order chi connectivity index (χ1) is 6.93. The number of halogens is 1. The summed E-state index contributed by atoms with van der Waals surface area (Å²) in [7, 11) is 0. The monoisotopic (exact) mass is 269 g/mol. The Morgan fingerprint density at radius 1 is 0.867 bits per heavy atom. The van der Waals surface area contributed by atoms with Gasteiger partial charge in [0.25, 0.3) is 0 Å². The average Bonchev–Trinajstić information content (AvgIpc) is 2.19. The molecule has 1 aliphatic rings. The molecular formula is C10H24ClN3Ti. The van der Waals surface area contributed by atoms with Crippen LogP contribution >= 0.6 is 12.4 Å². The Kier molecular flexibility index (Phi) is 12.0. The van der Waals surface area contributed by atoms with E-state index in [1.165, 1.54) is 58.5 Å². The SMILES string of the molecule is Cl.[CH3][Ti][N]1CCCNCCCNCCC1. The van der Waals surface area contributed by atoms with Gasteiger partial charge in [0.1, 0.15) is 0 Å². The Hall–Kier alpha value is 0.884. The van der Waals surface area contributed by atoms with Gasteiger partial charge < -0.3 is 0 Å². The van der Waals surface area contributed by atoms with Crippen molar-refractivity contribution in [2.45, 2.75) is 24.5 Å². The van der Waals surface area contributed by atoms with Crippen LogP contribution in [0.4, 0.5) is 0 Å². The Bertz CT molecular complexity index is 126. The van der Waals surface area contributed by atoms with E-state index in [4.69, 9.17) is 0 Å². The van der Waals surface area contributed by atoms with Crippen molar-refractivity contribution in [3.8, 4) is 0 Å². The number of rotatable bonds is 1. The summed E-state index contributed by atoms with van der Waals surface area (Å²) in [5.41, 5.74) is 0. The van der Waals surface area contributed by atoms with Crippen molar-refractivity contribution in [3.05, 3.63) is 0 Å². The Morgan fingerprint density at radius 3 is 1.80 bits per heavy atom. The van der Waals surface area contributed by atoms with Crippen LogP contribution in [0.15, 0.2) is 0 Å². The first-order valence-electron chi connectivity index (χ1n) is 5.77. The molecule has 0 aliphatic carbocycles. The Labute approximate surface area is 109 Å². The van der Waals surface area contributed by atoms with E-state index in [-0.39, 0.29) is 31.8 Å². The predicted octanol–water partition coefficient (Wildman–Crippen LogP) is 1.12. The van der Waals surface area contributed by atoms with Crippen LogP contribution in [-0.4, -0.2) is 42.7 Å². The first kappa shape index (κ1) is 15.9. The molecular weight excluding hydrogens is 245 g/mol. The summed E-state index contributed by atoms with van der Waals surface area (Å²) in [5, 5.41) is 9.37. The molecule has 90 valence electrons. The maximum absolute atomic E-state index is 3.50. The summed E-state index contributed by atoms with van der Waals surface area (Å²) < 4.78 is 2.67. The summed E-state index contributed by atoms with van der Waals surface area (Å²) >= 11 is 0.175. The van der Waals surface area contributed by atoms with Crippen molar-refractivity contribution in [2.75, 3.05) is 39.3 Å². The molecule has 1 aliphatic heterocycles. The molecule has 0 aromatic rings. The van der Waals surface area contributed by atoms with Crippen LogP contribution < -0.4 is 10.6 Å². The van der Waals surface area contributed by atoms with Crippen LogP contribution in [0.3, 0.4) is 0 Å². The van der Waals surface area contributed by atoms with Crippen molar-refractivity contribution < 1.29 is 19.4 Å². The van der Waals surface area contributed by atoms with Gasteiger partial charge in [-0.05, 0) is 0 Å². The Balaban J connectivity index is 0.00000196. The van der Waals surface area contributed by atoms with E-state index in [0.717, 1.165) is 0 Å². The molecule has 1 heterocycles. The topological polar surface area (TPSA) is 27.3 Å². The van der Waals surface area contributed by atoms with Crippen LogP contribution in [0.25, 0.3) is 0 Å². The summed E-state index contributed by atoms with van der Waals surface area (Å²) in [6.07, 6.45) is 3.92. The van der Waals surface area contributed by atoms with E-state index in [1.807, 2.05) is 0 Å². The first-order valence-corrected chi connectivity index (χ1v) is 8.03. The molecule has 1 rings (SSSR count). The van der Waals surface area contributed by atoms with Crippen molar-refractivity contribution in [1.82, 2.24) is 14.0 Å². The van der Waals surface area contributed by atoms with Gasteiger partial charge in [-0.15, -0.1) is 12.4 Å². The summed E-state index contributed by atoms with van der Waals surface area (Å²) in [6, 6.07) is 0. The summed E-state index contributed by atoms with van der Waals surface area (Å²) in [4.78, 5) is 0. The van der Waals surface area contributed by atoms with Crippen molar-refractivity contribution in [3.63, 3.8) is 0 Å². The van der Waals surface area contributed by atoms with Crippen LogP contribution in [-0.2, 0) is 19.4 Å². The number of hydrogen-bond donors (Lipinski definition) is 2. The van der Waals surface area contributed by atoms with Crippen LogP contribution in [0.1, 0.15) is 19.3 Å². The van der Waals surface area contributed by atoms with Gasteiger partial charge in [-0.25, -0.2) is 0 Å². The van der Waals surface area contributed by atoms with E-state index in [0.29, 0.717) is 0 Å². The maximum atomic E-state index is 3.50. The normalized spacial score (nSPS) is 21.9. The zero-order valence-corrected chi connectivity index (χ0v) is 12.1. The third kappa shape index (κ3) is 8.67. The van der Waals surface area contributed by atoms with Crippen LogP contribution in [0, 0.1) is 0 Å². The van der Waals surface area contributed by atoms with Gasteiger partial charge in [0.15, 0.2) is 0 Å². The van der Waals surface area contributed by atoms with E-state index < -0.39 is 0 Å². The fourth-order valence-electron chi connectivity index (χ4n) is 1.71. The van der Waals surface area contributed by atoms with E-state index in [1.54, 1.807) is 0 Å². The molecule has 5 heteroatoms. The molecule has 0 spiro atoms. The van der Waals surface area contributed by atoms with E-state index >= 15 is 0 Å². The fraction of sp³-hybridized carbons (Fsp3) is 1.00. The van der Waals surface area contributed by atoms with Gasteiger partial charge in [-0.2, -0.15) is 0 Å². The molecule has 3 nitrogen and oxygen atoms in total. The molecule has 2 N–H and O–H groups in total. The summed E-state index contributed by atoms with van der Waals surface area (Å²) in [6.45, 7) is 7.36. The van der Waals surface area contributed by atoms with Gasteiger partial charge in [-0.1, -0.05) is 0 Å². The predicted molar refractivity (Wildman–Crippen MR) is 64.3 cm³/mol. The molecule has 0 amide bonds. The molecule has 0 unspecified atom stereocenters. The molecule has 0 bridgehead atoms. The molecule has 1 saturated heterocycles. The third-order valence-corrected chi connectivity index (χ3v) is 4.27. The zero-order valence-electron chi connectivity index (χ0n) is 9.72. The molecule has 0 atom stereocenters. The molecule has 0 radical (unpaired) electrons. The average molecular weight is 270 g/mol. The van der Waals surface area contributed by atoms with Gasteiger partial charge >= 0.3 is 97.2 Å². The fourth-order valence-corrected chi connectivity index (χ4v) is 2.91. The quantitative estimate of drug-likeness (QED) is 0.699. The number of nitrogens with zero attached hydrogens (tertiary/aromatic N) is 1. The minimum absolute atomic E-state index is 0. The van der Waals surface area contributed by atoms with Crippen LogP contribution in [0.2, 0.25) is 5.23 Å². The van der Waals surface area contributed by atoms with E-state index in [2.05, 4.69) is 19.2 Å². The number of nitrogens with one attached hydrogen (secondary N) is 2. The van der Waals surface area contributed by atoms with Crippen molar-refractivity contribution >= 4 is 12.4 Å². The van der Waals surface area contributed by atoms with Crippen molar-refractivity contribution in [1.29, 1.82) is 0 Å². The van der Waals surface area contributed by atoms with Gasteiger partial charge in [0.2, 0.25) is 0 Å². The molecule has 0 aromatic heterocycles. The zero-order chi connectivity index (χ0) is 10.1. The second-order valence-corrected chi connectivity index (χ2v) is 5.46. The van der Waals surface area contributed by atoms with Gasteiger partial charge in [-0.3, -0.25) is 0 Å². The van der Waals surface area contributed by atoms with Crippen molar-refractivity contribution in [2.24, 2.45) is 0 Å². The molecule has 0 aromatic carbocycles. The van der Waals surface area contributed by atoms with E-state index in [9.17, 15) is 0 Å².